The Morgan fingerprint density at radius 1 is 1.03 bits per heavy atom. The summed E-state index contributed by atoms with van der Waals surface area (Å²) in [6.07, 6.45) is 5.17. The van der Waals surface area contributed by atoms with Crippen LogP contribution in [0.4, 0.5) is 0 Å². The fourth-order valence-electron chi connectivity index (χ4n) is 6.98. The van der Waals surface area contributed by atoms with Crippen molar-refractivity contribution in [3.63, 3.8) is 0 Å². The van der Waals surface area contributed by atoms with Gasteiger partial charge in [0, 0.05) is 6.42 Å². The van der Waals surface area contributed by atoms with Crippen LogP contribution in [0.15, 0.2) is 54.6 Å². The minimum atomic E-state index is -0.0705. The van der Waals surface area contributed by atoms with E-state index in [1.807, 2.05) is 6.92 Å². The van der Waals surface area contributed by atoms with E-state index in [0.29, 0.717) is 18.3 Å². The molecule has 0 amide bonds. The zero-order valence-corrected chi connectivity index (χ0v) is 19.9. The highest BCUT2D eigenvalue weighted by molar-refractivity contribution is 5.75. The third-order valence-corrected chi connectivity index (χ3v) is 8.38. The van der Waals surface area contributed by atoms with Crippen molar-refractivity contribution in [3.05, 3.63) is 71.3 Å². The number of hydrogen-bond acceptors (Lipinski definition) is 2. The maximum absolute atomic E-state index is 11.7. The van der Waals surface area contributed by atoms with Gasteiger partial charge in [0.1, 0.15) is 5.78 Å². The molecule has 4 rings (SSSR count). The molecule has 1 unspecified atom stereocenters. The van der Waals surface area contributed by atoms with Gasteiger partial charge < -0.3 is 4.74 Å². The van der Waals surface area contributed by atoms with Crippen LogP contribution in [0.2, 0.25) is 0 Å². The molecule has 1 fully saturated rings. The number of carbonyl (C=O) groups excluding carboxylic acids is 1. The van der Waals surface area contributed by atoms with Gasteiger partial charge in [-0.2, -0.15) is 0 Å². The van der Waals surface area contributed by atoms with E-state index in [1.165, 1.54) is 24.8 Å². The Balaban J connectivity index is 1.69. The van der Waals surface area contributed by atoms with Gasteiger partial charge in [0.25, 0.3) is 0 Å². The Labute approximate surface area is 188 Å². The van der Waals surface area contributed by atoms with Crippen LogP contribution in [-0.2, 0) is 21.4 Å². The average Bonchev–Trinajstić information content (AvgIpc) is 2.72. The van der Waals surface area contributed by atoms with Crippen molar-refractivity contribution >= 4 is 5.78 Å². The molecular weight excluding hydrogens is 380 g/mol. The highest BCUT2D eigenvalue weighted by Crippen LogP contribution is 2.61. The van der Waals surface area contributed by atoms with Crippen LogP contribution in [0.25, 0.3) is 0 Å². The molecule has 2 heteroatoms. The molecule has 0 saturated heterocycles. The lowest BCUT2D eigenvalue weighted by Gasteiger charge is -2.59. The molecule has 0 N–H and O–H groups in total. The van der Waals surface area contributed by atoms with Gasteiger partial charge in [-0.3, -0.25) is 4.79 Å². The van der Waals surface area contributed by atoms with Crippen molar-refractivity contribution in [2.45, 2.75) is 84.3 Å². The van der Waals surface area contributed by atoms with Crippen LogP contribution in [0.3, 0.4) is 0 Å². The maximum atomic E-state index is 11.7. The minimum Gasteiger partial charge on any atom is -0.370 e. The molecule has 1 saturated carbocycles. The highest BCUT2D eigenvalue weighted by atomic mass is 16.5. The topological polar surface area (TPSA) is 26.3 Å². The lowest BCUT2D eigenvalue weighted by molar-refractivity contribution is -0.131. The summed E-state index contributed by atoms with van der Waals surface area (Å²) in [4.78, 5) is 11.7. The lowest BCUT2D eigenvalue weighted by atomic mass is 9.46. The molecule has 2 nitrogen and oxygen atoms in total. The Bertz CT molecular complexity index is 915. The van der Waals surface area contributed by atoms with E-state index in [-0.39, 0.29) is 28.8 Å². The van der Waals surface area contributed by atoms with E-state index in [2.05, 4.69) is 75.4 Å². The molecule has 31 heavy (non-hydrogen) atoms. The van der Waals surface area contributed by atoms with Gasteiger partial charge in [-0.05, 0) is 78.9 Å². The fourth-order valence-corrected chi connectivity index (χ4v) is 6.98. The molecule has 2 aromatic carbocycles. The van der Waals surface area contributed by atoms with Crippen molar-refractivity contribution in [2.24, 2.45) is 17.3 Å². The smallest absolute Gasteiger partial charge is 0.132 e. The fraction of sp³-hybridized carbons (Fsp3) is 0.552. The number of carbonyl (C=O) groups is 1. The zero-order valence-electron chi connectivity index (χ0n) is 19.9. The van der Waals surface area contributed by atoms with E-state index < -0.39 is 0 Å². The average molecular weight is 419 g/mol. The number of ether oxygens (including phenoxy) is 1. The van der Waals surface area contributed by atoms with Crippen molar-refractivity contribution in [1.82, 2.24) is 0 Å². The van der Waals surface area contributed by atoms with Crippen LogP contribution < -0.4 is 0 Å². The zero-order chi connectivity index (χ0) is 22.2. The Morgan fingerprint density at radius 2 is 1.71 bits per heavy atom. The first-order valence-electron chi connectivity index (χ1n) is 12.0. The quantitative estimate of drug-likeness (QED) is 0.501. The first-order chi connectivity index (χ1) is 14.7. The predicted octanol–water partition coefficient (Wildman–Crippen LogP) is 7.07. The van der Waals surface area contributed by atoms with Crippen molar-refractivity contribution in [1.29, 1.82) is 0 Å². The Morgan fingerprint density at radius 3 is 2.42 bits per heavy atom. The van der Waals surface area contributed by atoms with Gasteiger partial charge in [-0.1, -0.05) is 75.4 Å². The number of ketones is 1. The van der Waals surface area contributed by atoms with Crippen LogP contribution in [-0.4, -0.2) is 11.9 Å². The van der Waals surface area contributed by atoms with E-state index in [1.54, 1.807) is 18.1 Å². The number of fused-ring (bicyclic) bond motifs is 3. The van der Waals surface area contributed by atoms with Crippen molar-refractivity contribution < 1.29 is 9.53 Å². The SMILES string of the molecule is CC(=O)C[C@@H](C)OC(c1ccccc1)[C@H]1CC[C@]2(C)c3ccccc3CC[C@H]2C1(C)C. The molecule has 166 valence electrons. The maximum Gasteiger partial charge on any atom is 0.132 e. The number of benzene rings is 2. The molecule has 5 atom stereocenters. The molecule has 2 aliphatic carbocycles. The minimum absolute atomic E-state index is 0.0206. The summed E-state index contributed by atoms with van der Waals surface area (Å²) in [5.74, 6) is 1.23. The van der Waals surface area contributed by atoms with Gasteiger partial charge in [-0.15, -0.1) is 0 Å². The number of hydrogen-bond donors (Lipinski definition) is 0. The molecule has 0 aromatic heterocycles. The molecule has 0 spiro atoms. The van der Waals surface area contributed by atoms with Gasteiger partial charge in [0.2, 0.25) is 0 Å². The Hall–Kier alpha value is -1.93. The summed E-state index contributed by atoms with van der Waals surface area (Å²) in [5, 5.41) is 0. The number of rotatable bonds is 6. The van der Waals surface area contributed by atoms with Gasteiger partial charge in [0.15, 0.2) is 0 Å². The largest absolute Gasteiger partial charge is 0.370 e. The number of aryl methyl sites for hydroxylation is 1. The third-order valence-electron chi connectivity index (χ3n) is 8.38. The second kappa shape index (κ2) is 8.54. The van der Waals surface area contributed by atoms with E-state index in [0.717, 1.165) is 6.42 Å². The van der Waals surface area contributed by atoms with Crippen molar-refractivity contribution in [3.8, 4) is 0 Å². The van der Waals surface area contributed by atoms with E-state index in [4.69, 9.17) is 4.74 Å². The molecule has 2 aliphatic rings. The van der Waals surface area contributed by atoms with E-state index in [9.17, 15) is 4.79 Å². The Kier molecular flexibility index (Phi) is 6.14. The van der Waals surface area contributed by atoms with Crippen LogP contribution in [0.1, 0.15) is 83.1 Å². The highest BCUT2D eigenvalue weighted by Gasteiger charge is 2.55. The molecule has 0 radical (unpaired) electrons. The molecule has 0 bridgehead atoms. The van der Waals surface area contributed by atoms with Crippen LogP contribution in [0.5, 0.6) is 0 Å². The summed E-state index contributed by atoms with van der Waals surface area (Å²) in [6, 6.07) is 19.8. The molecule has 2 aromatic rings. The first kappa shape index (κ1) is 22.3. The number of Topliss-reactive ketones (excluding diaryl/α,β-unsaturated/α-hetero) is 1. The monoisotopic (exact) mass is 418 g/mol. The van der Waals surface area contributed by atoms with Crippen molar-refractivity contribution in [2.75, 3.05) is 0 Å². The van der Waals surface area contributed by atoms with Gasteiger partial charge in [-0.25, -0.2) is 0 Å². The summed E-state index contributed by atoms with van der Waals surface area (Å²) < 4.78 is 6.68. The van der Waals surface area contributed by atoms with Gasteiger partial charge in [0.05, 0.1) is 12.2 Å². The summed E-state index contributed by atoms with van der Waals surface area (Å²) in [7, 11) is 0. The summed E-state index contributed by atoms with van der Waals surface area (Å²) in [6.45, 7) is 11.2. The predicted molar refractivity (Wildman–Crippen MR) is 127 cm³/mol. The first-order valence-corrected chi connectivity index (χ1v) is 12.0. The normalized spacial score (nSPS) is 28.8. The molecule has 0 aliphatic heterocycles. The summed E-state index contributed by atoms with van der Waals surface area (Å²) >= 11 is 0. The van der Waals surface area contributed by atoms with E-state index >= 15 is 0 Å². The standard InChI is InChI=1S/C29H38O2/c1-20(30)19-21(2)31-27(23-12-7-6-8-13-23)25-17-18-29(5)24-14-10-9-11-22(24)15-16-26(29)28(25,3)4/h6-14,21,25-27H,15-19H2,1-5H3/t21-,25-,26+,27?,29-/m1/s1. The second-order valence-corrected chi connectivity index (χ2v) is 10.8. The molecule has 0 heterocycles. The third kappa shape index (κ3) is 4.12. The second-order valence-electron chi connectivity index (χ2n) is 10.8. The van der Waals surface area contributed by atoms with Gasteiger partial charge >= 0.3 is 0 Å². The molecular formula is C29H38O2. The summed E-state index contributed by atoms with van der Waals surface area (Å²) in [5.41, 5.74) is 4.72. The van der Waals surface area contributed by atoms with Crippen LogP contribution in [0, 0.1) is 17.3 Å². The lowest BCUT2D eigenvalue weighted by Crippen LogP contribution is -2.53. The van der Waals surface area contributed by atoms with Crippen LogP contribution >= 0.6 is 0 Å².